The van der Waals surface area contributed by atoms with E-state index in [0.29, 0.717) is 24.2 Å². The van der Waals surface area contributed by atoms with Crippen LogP contribution in [0.2, 0.25) is 0 Å². The Balaban J connectivity index is 1.10. The summed E-state index contributed by atoms with van der Waals surface area (Å²) in [6, 6.07) is 2.04. The van der Waals surface area contributed by atoms with Gasteiger partial charge in [-0.1, -0.05) is 6.92 Å². The second kappa shape index (κ2) is 6.90. The molecule has 33 heavy (non-hydrogen) atoms. The van der Waals surface area contributed by atoms with Crippen molar-refractivity contribution >= 4 is 16.7 Å². The Morgan fingerprint density at radius 1 is 1.03 bits per heavy atom. The Bertz CT molecular complexity index is 1130. The van der Waals surface area contributed by atoms with E-state index in [9.17, 15) is 9.90 Å². The van der Waals surface area contributed by atoms with E-state index in [4.69, 9.17) is 0 Å². The molecule has 2 heterocycles. The topological polar surface area (TPSA) is 68.0 Å². The lowest BCUT2D eigenvalue weighted by Crippen LogP contribution is -2.50. The minimum absolute atomic E-state index is 0.151. The Hall–Kier alpha value is -1.75. The summed E-state index contributed by atoms with van der Waals surface area (Å²) in [6.45, 7) is 4.81. The molecule has 5 aliphatic rings. The molecule has 5 nitrogen and oxygen atoms in total. The molecule has 5 aliphatic carbocycles. The highest BCUT2D eigenvalue weighted by Crippen LogP contribution is 2.68. The van der Waals surface area contributed by atoms with Crippen molar-refractivity contribution in [3.05, 3.63) is 24.2 Å². The summed E-state index contributed by atoms with van der Waals surface area (Å²) >= 11 is 0. The minimum atomic E-state index is -0.285. The number of hydrogen-bond donors (Lipinski definition) is 1. The quantitative estimate of drug-likeness (QED) is 0.724. The van der Waals surface area contributed by atoms with Crippen molar-refractivity contribution in [2.45, 2.75) is 83.8 Å². The molecule has 5 saturated carbocycles. The van der Waals surface area contributed by atoms with Gasteiger partial charge in [0.25, 0.3) is 0 Å². The number of hydrogen-bond acceptors (Lipinski definition) is 4. The van der Waals surface area contributed by atoms with Gasteiger partial charge < -0.3 is 5.11 Å². The largest absolute Gasteiger partial charge is 0.390 e. The van der Waals surface area contributed by atoms with E-state index < -0.39 is 0 Å². The number of ketones is 1. The second-order valence-electron chi connectivity index (χ2n) is 12.6. The zero-order valence-corrected chi connectivity index (χ0v) is 20.0. The molecule has 9 unspecified atom stereocenters. The highest BCUT2D eigenvalue weighted by atomic mass is 16.3. The SMILES string of the molecule is Cc1cc2cnn(CC(=O)C3CCC4C5CCC6C(CCC7(O)CC67)C5CCC34C)c2cn1. The number of pyridine rings is 1. The fourth-order valence-corrected chi connectivity index (χ4v) is 9.68. The molecule has 0 aliphatic heterocycles. The molecule has 2 aromatic heterocycles. The van der Waals surface area contributed by atoms with Crippen LogP contribution < -0.4 is 0 Å². The third kappa shape index (κ3) is 2.90. The fraction of sp³-hybridized carbons (Fsp3) is 0.750. The Morgan fingerprint density at radius 3 is 2.61 bits per heavy atom. The molecule has 5 fully saturated rings. The van der Waals surface area contributed by atoms with Gasteiger partial charge in [-0.05, 0) is 112 Å². The number of Topliss-reactive ketones (excluding diaryl/α,β-unsaturated/α-hetero) is 1. The minimum Gasteiger partial charge on any atom is -0.390 e. The molecule has 1 N–H and O–H groups in total. The lowest BCUT2D eigenvalue weighted by atomic mass is 9.49. The van der Waals surface area contributed by atoms with E-state index >= 15 is 0 Å². The maximum atomic E-state index is 13.6. The number of nitrogens with zero attached hydrogens (tertiary/aromatic N) is 3. The van der Waals surface area contributed by atoms with Crippen LogP contribution in [0.1, 0.15) is 70.4 Å². The first kappa shape index (κ1) is 20.6. The van der Waals surface area contributed by atoms with Gasteiger partial charge in [-0.15, -0.1) is 0 Å². The maximum Gasteiger partial charge on any atom is 0.157 e. The average Bonchev–Trinajstić information content (AvgIpc) is 3.15. The highest BCUT2D eigenvalue weighted by molar-refractivity contribution is 5.85. The van der Waals surface area contributed by atoms with E-state index in [1.807, 2.05) is 30.1 Å². The van der Waals surface area contributed by atoms with Gasteiger partial charge in [0.05, 0.1) is 23.5 Å². The number of aromatic nitrogens is 3. The number of aliphatic hydroxyl groups is 1. The summed E-state index contributed by atoms with van der Waals surface area (Å²) in [5.41, 5.74) is 1.81. The van der Waals surface area contributed by atoms with Gasteiger partial charge in [0, 0.05) is 17.0 Å². The van der Waals surface area contributed by atoms with Crippen LogP contribution in [-0.4, -0.2) is 31.3 Å². The van der Waals surface area contributed by atoms with Crippen LogP contribution >= 0.6 is 0 Å². The lowest BCUT2D eigenvalue weighted by Gasteiger charge is -2.56. The summed E-state index contributed by atoms with van der Waals surface area (Å²) in [5, 5.41) is 16.3. The second-order valence-corrected chi connectivity index (χ2v) is 12.6. The predicted molar refractivity (Wildman–Crippen MR) is 126 cm³/mol. The molecule has 0 spiro atoms. The molecule has 2 aromatic rings. The maximum absolute atomic E-state index is 13.6. The number of fused-ring (bicyclic) bond motifs is 8. The predicted octanol–water partition coefficient (Wildman–Crippen LogP) is 4.94. The highest BCUT2D eigenvalue weighted by Gasteiger charge is 2.65. The molecule has 0 amide bonds. The summed E-state index contributed by atoms with van der Waals surface area (Å²) in [5.74, 6) is 5.09. The van der Waals surface area contributed by atoms with Crippen LogP contribution in [0, 0.1) is 53.8 Å². The Morgan fingerprint density at radius 2 is 1.79 bits per heavy atom. The van der Waals surface area contributed by atoms with Crippen molar-refractivity contribution in [1.29, 1.82) is 0 Å². The molecule has 0 radical (unpaired) electrons. The van der Waals surface area contributed by atoms with Crippen molar-refractivity contribution in [2.75, 3.05) is 0 Å². The third-order valence-corrected chi connectivity index (χ3v) is 11.3. The van der Waals surface area contributed by atoms with Crippen molar-refractivity contribution in [2.24, 2.45) is 46.8 Å². The van der Waals surface area contributed by atoms with E-state index in [2.05, 4.69) is 17.0 Å². The first-order valence-electron chi connectivity index (χ1n) is 13.4. The van der Waals surface area contributed by atoms with E-state index in [1.165, 1.54) is 38.5 Å². The zero-order chi connectivity index (χ0) is 22.5. The van der Waals surface area contributed by atoms with Crippen molar-refractivity contribution < 1.29 is 9.90 Å². The van der Waals surface area contributed by atoms with Crippen LogP contribution in [0.4, 0.5) is 0 Å². The van der Waals surface area contributed by atoms with Gasteiger partial charge in [0.2, 0.25) is 0 Å². The van der Waals surface area contributed by atoms with E-state index in [1.54, 1.807) is 0 Å². The van der Waals surface area contributed by atoms with Crippen LogP contribution in [0.15, 0.2) is 18.5 Å². The normalized spacial score (nSPS) is 45.7. The molecule has 9 atom stereocenters. The Labute approximate surface area is 196 Å². The summed E-state index contributed by atoms with van der Waals surface area (Å²) in [6.07, 6.45) is 14.5. The van der Waals surface area contributed by atoms with E-state index in [0.717, 1.165) is 59.5 Å². The Kier molecular flexibility index (Phi) is 4.31. The van der Waals surface area contributed by atoms with Crippen molar-refractivity contribution in [1.82, 2.24) is 14.8 Å². The van der Waals surface area contributed by atoms with Crippen LogP contribution in [-0.2, 0) is 11.3 Å². The van der Waals surface area contributed by atoms with Crippen LogP contribution in [0.5, 0.6) is 0 Å². The molecular weight excluding hydrogens is 410 g/mol. The monoisotopic (exact) mass is 447 g/mol. The molecule has 176 valence electrons. The third-order valence-electron chi connectivity index (χ3n) is 11.3. The molecule has 0 bridgehead atoms. The first-order chi connectivity index (χ1) is 15.9. The van der Waals surface area contributed by atoms with Gasteiger partial charge in [-0.25, -0.2) is 0 Å². The summed E-state index contributed by atoms with van der Waals surface area (Å²) in [4.78, 5) is 18.1. The van der Waals surface area contributed by atoms with Gasteiger partial charge in [-0.2, -0.15) is 5.10 Å². The number of rotatable bonds is 3. The molecule has 0 saturated heterocycles. The smallest absolute Gasteiger partial charge is 0.157 e. The summed E-state index contributed by atoms with van der Waals surface area (Å²) in [7, 11) is 0. The molecular formula is C28H37N3O2. The molecule has 7 rings (SSSR count). The van der Waals surface area contributed by atoms with Gasteiger partial charge in [0.15, 0.2) is 5.78 Å². The number of carbonyl (C=O) groups excluding carboxylic acids is 1. The van der Waals surface area contributed by atoms with Crippen LogP contribution in [0.3, 0.4) is 0 Å². The van der Waals surface area contributed by atoms with Gasteiger partial charge in [-0.3, -0.25) is 14.5 Å². The van der Waals surface area contributed by atoms with E-state index in [-0.39, 0.29) is 16.9 Å². The first-order valence-corrected chi connectivity index (χ1v) is 13.4. The number of aryl methyl sites for hydroxylation is 1. The zero-order valence-electron chi connectivity index (χ0n) is 20.0. The van der Waals surface area contributed by atoms with Gasteiger partial charge >= 0.3 is 0 Å². The number of carbonyl (C=O) groups is 1. The molecule has 0 aromatic carbocycles. The van der Waals surface area contributed by atoms with Crippen molar-refractivity contribution in [3.8, 4) is 0 Å². The lowest BCUT2D eigenvalue weighted by molar-refractivity contribution is -0.131. The summed E-state index contributed by atoms with van der Waals surface area (Å²) < 4.78 is 1.87. The average molecular weight is 448 g/mol. The van der Waals surface area contributed by atoms with Crippen LogP contribution in [0.25, 0.3) is 10.9 Å². The van der Waals surface area contributed by atoms with Crippen molar-refractivity contribution in [3.63, 3.8) is 0 Å². The van der Waals surface area contributed by atoms with Gasteiger partial charge in [0.1, 0.15) is 6.54 Å². The molecule has 5 heteroatoms. The standard InChI is InChI=1S/C28H37N3O2/c1-16-11-17-13-30-31(25(17)14-29-16)15-26(32)23-6-5-22-20-3-4-21-19(8-10-28(33)12-24(21)28)18(20)7-9-27(22,23)2/h11,13-14,18-24,33H,3-10,12,15H2,1-2H3. The fourth-order valence-electron chi connectivity index (χ4n) is 9.68.